The van der Waals surface area contributed by atoms with E-state index in [4.69, 9.17) is 10.5 Å². The summed E-state index contributed by atoms with van der Waals surface area (Å²) in [6.07, 6.45) is 0.427. The molecule has 1 aliphatic rings. The molecule has 0 saturated heterocycles. The zero-order valence-electron chi connectivity index (χ0n) is 17.8. The van der Waals surface area contributed by atoms with Gasteiger partial charge in [0.15, 0.2) is 0 Å². The Hall–Kier alpha value is -2.84. The number of benzene rings is 2. The van der Waals surface area contributed by atoms with Gasteiger partial charge in [0.25, 0.3) is 0 Å². The number of hydrogen-bond acceptors (Lipinski definition) is 6. The number of amides is 2. The molecule has 166 valence electrons. The van der Waals surface area contributed by atoms with Crippen LogP contribution in [-0.4, -0.2) is 49.8 Å². The Kier molecular flexibility index (Phi) is 9.55. The van der Waals surface area contributed by atoms with Gasteiger partial charge in [-0.1, -0.05) is 55.5 Å². The maximum atomic E-state index is 11.4. The van der Waals surface area contributed by atoms with Gasteiger partial charge in [-0.3, -0.25) is 14.4 Å². The van der Waals surface area contributed by atoms with E-state index >= 15 is 0 Å². The average Bonchev–Trinajstić information content (AvgIpc) is 3.14. The quantitative estimate of drug-likeness (QED) is 0.386. The molecule has 3 rings (SSSR count). The maximum absolute atomic E-state index is 11.4. The molecule has 0 saturated carbocycles. The molecule has 7 nitrogen and oxygen atoms in total. The largest absolute Gasteiger partial charge is 0.465 e. The van der Waals surface area contributed by atoms with Crippen LogP contribution < -0.4 is 16.4 Å². The van der Waals surface area contributed by atoms with Crippen molar-refractivity contribution in [1.29, 1.82) is 0 Å². The van der Waals surface area contributed by atoms with Crippen LogP contribution in [0.15, 0.2) is 48.5 Å². The second-order valence-corrected chi connectivity index (χ2v) is 7.31. The van der Waals surface area contributed by atoms with Gasteiger partial charge in [0.1, 0.15) is 6.61 Å². The van der Waals surface area contributed by atoms with Crippen LogP contribution in [0, 0.1) is 0 Å². The fourth-order valence-electron chi connectivity index (χ4n) is 3.19. The Morgan fingerprint density at radius 3 is 2.10 bits per heavy atom. The number of ether oxygens (including phenoxy) is 1. The third-order valence-electron chi connectivity index (χ3n) is 4.90. The highest BCUT2D eigenvalue weighted by Crippen LogP contribution is 2.44. The zero-order chi connectivity index (χ0) is 22.8. The lowest BCUT2D eigenvalue weighted by molar-refractivity contribution is -0.143. The number of esters is 1. The summed E-state index contributed by atoms with van der Waals surface area (Å²) in [5, 5.41) is 4.72. The molecule has 2 aromatic rings. The molecule has 0 fully saturated rings. The molecule has 0 aromatic heterocycles. The molecule has 0 heterocycles. The van der Waals surface area contributed by atoms with Crippen LogP contribution in [-0.2, 0) is 19.1 Å². The van der Waals surface area contributed by atoms with E-state index in [0.717, 1.165) is 0 Å². The summed E-state index contributed by atoms with van der Waals surface area (Å²) in [5.41, 5.74) is 10.4. The van der Waals surface area contributed by atoms with Gasteiger partial charge >= 0.3 is 5.97 Å². The Morgan fingerprint density at radius 1 is 1.06 bits per heavy atom. The summed E-state index contributed by atoms with van der Waals surface area (Å²) in [7, 11) is 1.49. The molecular weight excluding hydrogens is 414 g/mol. The monoisotopic (exact) mass is 443 g/mol. The first-order valence-corrected chi connectivity index (χ1v) is 10.7. The maximum Gasteiger partial charge on any atom is 0.305 e. The molecule has 0 aliphatic heterocycles. The van der Waals surface area contributed by atoms with E-state index in [-0.39, 0.29) is 36.0 Å². The van der Waals surface area contributed by atoms with Crippen LogP contribution in [0.1, 0.15) is 30.4 Å². The van der Waals surface area contributed by atoms with Crippen molar-refractivity contribution in [2.45, 2.75) is 25.3 Å². The number of fused-ring (bicyclic) bond motifs is 3. The summed E-state index contributed by atoms with van der Waals surface area (Å²) in [6.45, 7) is 2.20. The molecule has 0 spiro atoms. The second-order valence-electron chi connectivity index (χ2n) is 6.94. The van der Waals surface area contributed by atoms with E-state index in [1.807, 2.05) is 19.1 Å². The van der Waals surface area contributed by atoms with Gasteiger partial charge in [-0.25, -0.2) is 0 Å². The highest BCUT2D eigenvalue weighted by atomic mass is 32.1. The van der Waals surface area contributed by atoms with Gasteiger partial charge in [-0.2, -0.15) is 12.6 Å². The zero-order valence-corrected chi connectivity index (χ0v) is 18.7. The number of likely N-dealkylation sites (N-methyl/N-ethyl adjacent to an activating group) is 1. The summed E-state index contributed by atoms with van der Waals surface area (Å²) in [4.78, 5) is 32.9. The Labute approximate surface area is 188 Å². The summed E-state index contributed by atoms with van der Waals surface area (Å²) in [6, 6.07) is 16.0. The summed E-state index contributed by atoms with van der Waals surface area (Å²) < 4.78 is 5.35. The van der Waals surface area contributed by atoms with Crippen molar-refractivity contribution >= 4 is 30.4 Å². The van der Waals surface area contributed by atoms with Gasteiger partial charge in [-0.05, 0) is 22.3 Å². The van der Waals surface area contributed by atoms with Crippen molar-refractivity contribution in [1.82, 2.24) is 10.6 Å². The minimum absolute atomic E-state index is 0.0448. The van der Waals surface area contributed by atoms with Crippen LogP contribution in [0.4, 0.5) is 0 Å². The molecule has 0 bridgehead atoms. The molecule has 1 atom stereocenters. The molecule has 1 unspecified atom stereocenters. The summed E-state index contributed by atoms with van der Waals surface area (Å²) in [5.74, 6) is -0.326. The van der Waals surface area contributed by atoms with Crippen molar-refractivity contribution in [3.05, 3.63) is 59.7 Å². The van der Waals surface area contributed by atoms with Gasteiger partial charge < -0.3 is 21.1 Å². The molecule has 8 heteroatoms. The van der Waals surface area contributed by atoms with Gasteiger partial charge in [0.05, 0.1) is 12.6 Å². The molecule has 2 aromatic carbocycles. The van der Waals surface area contributed by atoms with Crippen LogP contribution in [0.5, 0.6) is 0 Å². The van der Waals surface area contributed by atoms with E-state index < -0.39 is 6.04 Å². The highest BCUT2D eigenvalue weighted by Gasteiger charge is 2.28. The number of carbonyl (C=O) groups is 3. The second kappa shape index (κ2) is 12.1. The molecular formula is C23H29N3O4S. The molecule has 31 heavy (non-hydrogen) atoms. The van der Waals surface area contributed by atoms with Gasteiger partial charge in [0.2, 0.25) is 11.8 Å². The van der Waals surface area contributed by atoms with Crippen LogP contribution in [0.25, 0.3) is 11.1 Å². The van der Waals surface area contributed by atoms with Crippen LogP contribution >= 0.6 is 12.6 Å². The highest BCUT2D eigenvalue weighted by molar-refractivity contribution is 7.80. The predicted octanol–water partition coefficient (Wildman–Crippen LogP) is 1.86. The molecule has 4 N–H and O–H groups in total. The number of carbonyl (C=O) groups excluding carboxylic acids is 3. The topological polar surface area (TPSA) is 111 Å². The van der Waals surface area contributed by atoms with Crippen molar-refractivity contribution in [2.24, 2.45) is 5.73 Å². The smallest absolute Gasteiger partial charge is 0.305 e. The van der Waals surface area contributed by atoms with E-state index in [1.54, 1.807) is 0 Å². The average molecular weight is 444 g/mol. The lowest BCUT2D eigenvalue weighted by Crippen LogP contribution is -2.45. The standard InChI is InChI=1S/C17H16O2.C6H13N3O2S/c1-2-17(18)19-11-16-14-9-5-3-7-12(14)13-8-4-6-10-15(13)16;1-8-5(10)2-9-6(11)4(7)3-12/h3-10,16H,2,11H2,1H3;4,12H,2-3,7H2,1H3,(H,8,10)(H,9,11). The molecule has 0 radical (unpaired) electrons. The summed E-state index contributed by atoms with van der Waals surface area (Å²) >= 11 is 3.84. The minimum Gasteiger partial charge on any atom is -0.465 e. The van der Waals surface area contributed by atoms with Gasteiger partial charge in [0, 0.05) is 25.1 Å². The van der Waals surface area contributed by atoms with E-state index in [0.29, 0.717) is 13.0 Å². The molecule has 2 amide bonds. The lowest BCUT2D eigenvalue weighted by atomic mass is 9.98. The van der Waals surface area contributed by atoms with Crippen molar-refractivity contribution in [2.75, 3.05) is 26.0 Å². The number of thiol groups is 1. The van der Waals surface area contributed by atoms with E-state index in [2.05, 4.69) is 59.7 Å². The number of nitrogens with two attached hydrogens (primary N) is 1. The van der Waals surface area contributed by atoms with Crippen molar-refractivity contribution in [3.63, 3.8) is 0 Å². The van der Waals surface area contributed by atoms with Crippen molar-refractivity contribution < 1.29 is 19.1 Å². The van der Waals surface area contributed by atoms with Crippen molar-refractivity contribution in [3.8, 4) is 11.1 Å². The van der Waals surface area contributed by atoms with E-state index in [1.165, 1.54) is 29.3 Å². The number of nitrogens with one attached hydrogen (secondary N) is 2. The first-order chi connectivity index (χ1) is 14.9. The first kappa shape index (κ1) is 24.4. The fraction of sp³-hybridized carbons (Fsp3) is 0.348. The Morgan fingerprint density at radius 2 is 1.61 bits per heavy atom. The van der Waals surface area contributed by atoms with Crippen LogP contribution in [0.2, 0.25) is 0 Å². The SMILES string of the molecule is CCC(=O)OCC1c2ccccc2-c2ccccc21.CNC(=O)CNC(=O)C(N)CS. The fourth-order valence-corrected chi connectivity index (χ4v) is 3.35. The third kappa shape index (κ3) is 6.57. The number of hydrogen-bond donors (Lipinski definition) is 4. The Balaban J connectivity index is 0.000000248. The lowest BCUT2D eigenvalue weighted by Gasteiger charge is -2.13. The number of rotatable bonds is 7. The van der Waals surface area contributed by atoms with E-state index in [9.17, 15) is 14.4 Å². The van der Waals surface area contributed by atoms with Crippen LogP contribution in [0.3, 0.4) is 0 Å². The predicted molar refractivity (Wildman–Crippen MR) is 124 cm³/mol. The minimum atomic E-state index is -0.655. The Bertz CT molecular complexity index is 874. The van der Waals surface area contributed by atoms with Gasteiger partial charge in [-0.15, -0.1) is 0 Å². The first-order valence-electron chi connectivity index (χ1n) is 10.1. The normalized spacial score (nSPS) is 12.5. The molecule has 1 aliphatic carbocycles. The third-order valence-corrected chi connectivity index (χ3v) is 5.29.